The van der Waals surface area contributed by atoms with Crippen molar-refractivity contribution in [1.82, 2.24) is 0 Å². The summed E-state index contributed by atoms with van der Waals surface area (Å²) in [7, 11) is 2.74. The van der Waals surface area contributed by atoms with Gasteiger partial charge in [0.25, 0.3) is 5.69 Å². The number of halogens is 1. The Bertz CT molecular complexity index is 509. The summed E-state index contributed by atoms with van der Waals surface area (Å²) in [4.78, 5) is 23.3. The Morgan fingerprint density at radius 3 is 2.71 bits per heavy atom. The number of methoxy groups -OCH3 is 2. The fraction of sp³-hybridized carbons (Fsp3) is 0.462. The number of benzene rings is 1. The van der Waals surface area contributed by atoms with Crippen molar-refractivity contribution in [3.8, 4) is 0 Å². The van der Waals surface area contributed by atoms with Gasteiger partial charge in [0.05, 0.1) is 12.0 Å². The highest BCUT2D eigenvalue weighted by molar-refractivity contribution is 5.77. The molecule has 0 heterocycles. The van der Waals surface area contributed by atoms with Crippen LogP contribution in [0.15, 0.2) is 18.2 Å². The Kier molecular flexibility index (Phi) is 6.54. The zero-order valence-corrected chi connectivity index (χ0v) is 11.9. The third-order valence-electron chi connectivity index (χ3n) is 2.80. The maximum absolute atomic E-state index is 13.4. The van der Waals surface area contributed by atoms with E-state index in [-0.39, 0.29) is 17.9 Å². The second-order valence-corrected chi connectivity index (χ2v) is 4.23. The molecule has 7 nitrogen and oxygen atoms in total. The van der Waals surface area contributed by atoms with Gasteiger partial charge in [-0.2, -0.15) is 0 Å². The summed E-state index contributed by atoms with van der Waals surface area (Å²) in [6.07, 6.45) is 0.529. The number of nitrogens with zero attached hydrogens (tertiary/aromatic N) is 2. The topological polar surface area (TPSA) is 81.9 Å². The summed E-state index contributed by atoms with van der Waals surface area (Å²) >= 11 is 0. The number of hydrogen-bond acceptors (Lipinski definition) is 6. The SMILES string of the molecule is COCCCN(CC(=O)OC)c1cc(F)ccc1[N+](=O)[O-]. The van der Waals surface area contributed by atoms with Crippen LogP contribution in [-0.2, 0) is 14.3 Å². The Hall–Kier alpha value is -2.22. The van der Waals surface area contributed by atoms with Gasteiger partial charge in [0.1, 0.15) is 18.0 Å². The Labute approximate surface area is 121 Å². The fourth-order valence-electron chi connectivity index (χ4n) is 1.81. The molecule has 0 spiro atoms. The first-order valence-corrected chi connectivity index (χ1v) is 6.24. The third-order valence-corrected chi connectivity index (χ3v) is 2.80. The fourth-order valence-corrected chi connectivity index (χ4v) is 1.81. The second kappa shape index (κ2) is 8.15. The zero-order chi connectivity index (χ0) is 15.8. The van der Waals surface area contributed by atoms with Crippen LogP contribution >= 0.6 is 0 Å². The molecule has 0 bridgehead atoms. The summed E-state index contributed by atoms with van der Waals surface area (Å²) in [5.74, 6) is -1.18. The van der Waals surface area contributed by atoms with Gasteiger partial charge >= 0.3 is 5.97 Å². The van der Waals surface area contributed by atoms with E-state index in [1.807, 2.05) is 0 Å². The van der Waals surface area contributed by atoms with Crippen LogP contribution in [0.3, 0.4) is 0 Å². The van der Waals surface area contributed by atoms with Crippen LogP contribution in [0.1, 0.15) is 6.42 Å². The number of esters is 1. The molecule has 1 aromatic rings. The molecule has 1 aromatic carbocycles. The quantitative estimate of drug-likeness (QED) is 0.315. The maximum atomic E-state index is 13.4. The van der Waals surface area contributed by atoms with Gasteiger partial charge in [-0.3, -0.25) is 14.9 Å². The van der Waals surface area contributed by atoms with E-state index in [0.29, 0.717) is 19.6 Å². The van der Waals surface area contributed by atoms with Crippen LogP contribution in [-0.4, -0.2) is 44.8 Å². The number of nitro benzene ring substituents is 1. The molecular formula is C13H17FN2O5. The van der Waals surface area contributed by atoms with E-state index in [4.69, 9.17) is 4.74 Å². The number of rotatable bonds is 8. The van der Waals surface area contributed by atoms with Gasteiger partial charge in [0, 0.05) is 32.4 Å². The monoisotopic (exact) mass is 300 g/mol. The van der Waals surface area contributed by atoms with Crippen LogP contribution in [0.5, 0.6) is 0 Å². The Balaban J connectivity index is 3.07. The van der Waals surface area contributed by atoms with Crippen LogP contribution in [0.4, 0.5) is 15.8 Å². The van der Waals surface area contributed by atoms with E-state index in [0.717, 1.165) is 18.2 Å². The zero-order valence-electron chi connectivity index (χ0n) is 11.9. The van der Waals surface area contributed by atoms with E-state index in [1.165, 1.54) is 19.1 Å². The second-order valence-electron chi connectivity index (χ2n) is 4.23. The number of carbonyl (C=O) groups is 1. The molecule has 0 amide bonds. The minimum absolute atomic E-state index is 0.0431. The average Bonchev–Trinajstić information content (AvgIpc) is 2.45. The van der Waals surface area contributed by atoms with E-state index in [1.54, 1.807) is 0 Å². The molecule has 0 aliphatic carbocycles. The molecule has 116 valence electrons. The van der Waals surface area contributed by atoms with Crippen molar-refractivity contribution >= 4 is 17.3 Å². The lowest BCUT2D eigenvalue weighted by molar-refractivity contribution is -0.384. The molecule has 8 heteroatoms. The predicted octanol–water partition coefficient (Wildman–Crippen LogP) is 1.75. The van der Waals surface area contributed by atoms with Crippen LogP contribution < -0.4 is 4.90 Å². The number of hydrogen-bond donors (Lipinski definition) is 0. The first-order valence-electron chi connectivity index (χ1n) is 6.24. The first-order chi connectivity index (χ1) is 9.99. The predicted molar refractivity (Wildman–Crippen MR) is 73.8 cm³/mol. The van der Waals surface area contributed by atoms with Crippen molar-refractivity contribution in [2.24, 2.45) is 0 Å². The smallest absolute Gasteiger partial charge is 0.325 e. The van der Waals surface area contributed by atoms with E-state index < -0.39 is 16.7 Å². The minimum Gasteiger partial charge on any atom is -0.468 e. The van der Waals surface area contributed by atoms with Crippen LogP contribution in [0, 0.1) is 15.9 Å². The summed E-state index contributed by atoms with van der Waals surface area (Å²) in [5.41, 5.74) is -0.223. The molecular weight excluding hydrogens is 283 g/mol. The van der Waals surface area contributed by atoms with Crippen molar-refractivity contribution in [3.63, 3.8) is 0 Å². The van der Waals surface area contributed by atoms with Gasteiger partial charge in [-0.15, -0.1) is 0 Å². The lowest BCUT2D eigenvalue weighted by Gasteiger charge is -2.23. The highest BCUT2D eigenvalue weighted by atomic mass is 19.1. The van der Waals surface area contributed by atoms with E-state index >= 15 is 0 Å². The van der Waals surface area contributed by atoms with Crippen molar-refractivity contribution in [1.29, 1.82) is 0 Å². The summed E-state index contributed by atoms with van der Waals surface area (Å²) in [5, 5.41) is 11.0. The van der Waals surface area contributed by atoms with Gasteiger partial charge in [-0.05, 0) is 12.5 Å². The van der Waals surface area contributed by atoms with Gasteiger partial charge in [0.15, 0.2) is 0 Å². The number of nitro groups is 1. The molecule has 0 aromatic heterocycles. The van der Waals surface area contributed by atoms with Crippen LogP contribution in [0.2, 0.25) is 0 Å². The van der Waals surface area contributed by atoms with Crippen LogP contribution in [0.25, 0.3) is 0 Å². The molecule has 0 aliphatic heterocycles. The van der Waals surface area contributed by atoms with Crippen molar-refractivity contribution < 1.29 is 23.6 Å². The normalized spacial score (nSPS) is 10.2. The lowest BCUT2D eigenvalue weighted by Crippen LogP contribution is -2.32. The molecule has 0 saturated carbocycles. The molecule has 1 rings (SSSR count). The summed E-state index contributed by atoms with van der Waals surface area (Å²) in [6, 6.07) is 3.12. The Morgan fingerprint density at radius 1 is 1.43 bits per heavy atom. The highest BCUT2D eigenvalue weighted by Crippen LogP contribution is 2.29. The molecule has 0 aliphatic rings. The minimum atomic E-state index is -0.616. The maximum Gasteiger partial charge on any atom is 0.325 e. The molecule has 0 saturated heterocycles. The van der Waals surface area contributed by atoms with E-state index in [9.17, 15) is 19.3 Å². The van der Waals surface area contributed by atoms with Crippen molar-refractivity contribution in [2.75, 3.05) is 38.8 Å². The van der Waals surface area contributed by atoms with Gasteiger partial charge < -0.3 is 14.4 Å². The summed E-state index contributed by atoms with van der Waals surface area (Å²) in [6.45, 7) is 0.512. The molecule has 0 unspecified atom stereocenters. The number of carbonyl (C=O) groups excluding carboxylic acids is 1. The first kappa shape index (κ1) is 16.8. The van der Waals surface area contributed by atoms with E-state index in [2.05, 4.69) is 4.74 Å². The third kappa shape index (κ3) is 4.99. The average molecular weight is 300 g/mol. The molecule has 0 fully saturated rings. The molecule has 0 N–H and O–H groups in total. The standard InChI is InChI=1S/C13H17FN2O5/c1-20-7-3-6-15(9-13(17)21-2)12-8-10(14)4-5-11(12)16(18)19/h4-5,8H,3,6-7,9H2,1-2H3. The van der Waals surface area contributed by atoms with Gasteiger partial charge in [-0.1, -0.05) is 0 Å². The van der Waals surface area contributed by atoms with Crippen molar-refractivity contribution in [3.05, 3.63) is 34.1 Å². The molecule has 0 radical (unpaired) electrons. The molecule has 21 heavy (non-hydrogen) atoms. The number of anilines is 1. The number of ether oxygens (including phenoxy) is 2. The molecule has 0 atom stereocenters. The lowest BCUT2D eigenvalue weighted by atomic mass is 10.2. The van der Waals surface area contributed by atoms with Gasteiger partial charge in [0.2, 0.25) is 0 Å². The highest BCUT2D eigenvalue weighted by Gasteiger charge is 2.22. The largest absolute Gasteiger partial charge is 0.468 e. The Morgan fingerprint density at radius 2 is 2.14 bits per heavy atom. The van der Waals surface area contributed by atoms with Gasteiger partial charge in [-0.25, -0.2) is 4.39 Å². The summed E-state index contributed by atoms with van der Waals surface area (Å²) < 4.78 is 22.9. The van der Waals surface area contributed by atoms with Crippen molar-refractivity contribution in [2.45, 2.75) is 6.42 Å².